The molecule has 0 saturated carbocycles. The Kier molecular flexibility index (Phi) is 4.50. The van der Waals surface area contributed by atoms with Crippen molar-refractivity contribution >= 4 is 5.97 Å². The van der Waals surface area contributed by atoms with E-state index in [9.17, 15) is 4.79 Å². The van der Waals surface area contributed by atoms with Gasteiger partial charge >= 0.3 is 5.97 Å². The Labute approximate surface area is 118 Å². The highest BCUT2D eigenvalue weighted by Gasteiger charge is 2.15. The molecular weight excluding hydrogens is 254 g/mol. The van der Waals surface area contributed by atoms with E-state index < -0.39 is 5.97 Å². The van der Waals surface area contributed by atoms with Crippen molar-refractivity contribution in [1.82, 2.24) is 14.8 Å². The molecule has 5 heteroatoms. The summed E-state index contributed by atoms with van der Waals surface area (Å²) in [7, 11) is 0. The Morgan fingerprint density at radius 2 is 1.80 bits per heavy atom. The average molecular weight is 273 g/mol. The van der Waals surface area contributed by atoms with E-state index >= 15 is 0 Å². The molecule has 1 aromatic heterocycles. The summed E-state index contributed by atoms with van der Waals surface area (Å²) in [6.07, 6.45) is 3.75. The summed E-state index contributed by atoms with van der Waals surface area (Å²) in [5, 5.41) is 13.1. The number of nitrogens with zero attached hydrogens (tertiary/aromatic N) is 3. The summed E-state index contributed by atoms with van der Waals surface area (Å²) in [4.78, 5) is 15.1. The molecule has 0 bridgehead atoms. The van der Waals surface area contributed by atoms with Crippen LogP contribution in [0.2, 0.25) is 0 Å². The van der Waals surface area contributed by atoms with Gasteiger partial charge in [0, 0.05) is 6.42 Å². The molecule has 0 amide bonds. The van der Waals surface area contributed by atoms with Crippen molar-refractivity contribution in [2.45, 2.75) is 39.5 Å². The van der Waals surface area contributed by atoms with Crippen molar-refractivity contribution in [2.24, 2.45) is 0 Å². The predicted octanol–water partition coefficient (Wildman–Crippen LogP) is 2.87. The van der Waals surface area contributed by atoms with Crippen molar-refractivity contribution in [2.75, 3.05) is 0 Å². The van der Waals surface area contributed by atoms with Crippen molar-refractivity contribution < 1.29 is 9.90 Å². The number of aromatic nitrogens is 3. The first-order chi connectivity index (χ1) is 9.65. The van der Waals surface area contributed by atoms with Crippen LogP contribution in [0.25, 0.3) is 5.69 Å². The molecule has 2 aromatic rings. The summed E-state index contributed by atoms with van der Waals surface area (Å²) in [6, 6.07) is 8.03. The number of aromatic carboxylic acids is 1. The van der Waals surface area contributed by atoms with Gasteiger partial charge in [0.25, 0.3) is 5.82 Å². The minimum atomic E-state index is -1.09. The molecule has 0 unspecified atom stereocenters. The number of carbonyl (C=O) groups is 1. The predicted molar refractivity (Wildman–Crippen MR) is 76.3 cm³/mol. The second-order valence-corrected chi connectivity index (χ2v) is 4.74. The van der Waals surface area contributed by atoms with Gasteiger partial charge in [0.05, 0.1) is 5.69 Å². The second-order valence-electron chi connectivity index (χ2n) is 4.74. The van der Waals surface area contributed by atoms with E-state index in [1.807, 2.05) is 19.1 Å². The number of carboxylic acids is 1. The molecule has 0 atom stereocenters. The largest absolute Gasteiger partial charge is 0.475 e. The maximum atomic E-state index is 11.0. The second kappa shape index (κ2) is 6.32. The molecule has 0 aliphatic rings. The standard InChI is InChI=1S/C15H19N3O2/c1-3-5-11-7-9-12(10-8-11)18-13(6-4-2)16-14(17-18)15(19)20/h7-10H,3-6H2,1-2H3,(H,19,20). The van der Waals surface area contributed by atoms with Gasteiger partial charge in [-0.2, -0.15) is 0 Å². The smallest absolute Gasteiger partial charge is 0.375 e. The Bertz CT molecular complexity index is 588. The van der Waals surface area contributed by atoms with Gasteiger partial charge in [0.2, 0.25) is 0 Å². The lowest BCUT2D eigenvalue weighted by Crippen LogP contribution is -2.04. The lowest BCUT2D eigenvalue weighted by molar-refractivity contribution is 0.0683. The highest BCUT2D eigenvalue weighted by atomic mass is 16.4. The van der Waals surface area contributed by atoms with Crippen LogP contribution >= 0.6 is 0 Å². The highest BCUT2D eigenvalue weighted by Crippen LogP contribution is 2.14. The molecule has 20 heavy (non-hydrogen) atoms. The summed E-state index contributed by atoms with van der Waals surface area (Å²) in [6.45, 7) is 4.17. The van der Waals surface area contributed by atoms with Crippen molar-refractivity contribution in [3.05, 3.63) is 41.5 Å². The van der Waals surface area contributed by atoms with Gasteiger partial charge in [0.15, 0.2) is 0 Å². The zero-order chi connectivity index (χ0) is 14.5. The third-order valence-corrected chi connectivity index (χ3v) is 3.06. The van der Waals surface area contributed by atoms with Crippen molar-refractivity contribution in [1.29, 1.82) is 0 Å². The fourth-order valence-corrected chi connectivity index (χ4v) is 2.12. The Morgan fingerprint density at radius 1 is 1.15 bits per heavy atom. The van der Waals surface area contributed by atoms with Crippen LogP contribution in [-0.2, 0) is 12.8 Å². The number of carboxylic acid groups (broad SMARTS) is 1. The molecule has 106 valence electrons. The SMILES string of the molecule is CCCc1ccc(-n2nc(C(=O)O)nc2CCC)cc1. The number of hydrogen-bond donors (Lipinski definition) is 1. The molecule has 5 nitrogen and oxygen atoms in total. The highest BCUT2D eigenvalue weighted by molar-refractivity contribution is 5.83. The number of benzene rings is 1. The van der Waals surface area contributed by atoms with Gasteiger partial charge in [-0.25, -0.2) is 14.5 Å². The van der Waals surface area contributed by atoms with Crippen LogP contribution < -0.4 is 0 Å². The lowest BCUT2D eigenvalue weighted by atomic mass is 10.1. The first-order valence-electron chi connectivity index (χ1n) is 6.94. The summed E-state index contributed by atoms with van der Waals surface area (Å²) in [5.74, 6) is -0.553. The van der Waals surface area contributed by atoms with Crippen molar-refractivity contribution in [3.63, 3.8) is 0 Å². The van der Waals surface area contributed by atoms with Crippen LogP contribution in [0.5, 0.6) is 0 Å². The molecular formula is C15H19N3O2. The van der Waals surface area contributed by atoms with E-state index in [0.717, 1.165) is 24.9 Å². The molecule has 2 rings (SSSR count). The number of aryl methyl sites for hydroxylation is 2. The molecule has 0 aliphatic heterocycles. The Hall–Kier alpha value is -2.17. The van der Waals surface area contributed by atoms with Crippen LogP contribution in [0.1, 0.15) is 48.7 Å². The fraction of sp³-hybridized carbons (Fsp3) is 0.400. The minimum Gasteiger partial charge on any atom is -0.475 e. The molecule has 1 heterocycles. The zero-order valence-electron chi connectivity index (χ0n) is 11.8. The van der Waals surface area contributed by atoms with Crippen LogP contribution in [0.3, 0.4) is 0 Å². The van der Waals surface area contributed by atoms with Crippen LogP contribution in [0.4, 0.5) is 0 Å². The van der Waals surface area contributed by atoms with E-state index in [1.54, 1.807) is 4.68 Å². The van der Waals surface area contributed by atoms with E-state index in [1.165, 1.54) is 5.56 Å². The quantitative estimate of drug-likeness (QED) is 0.878. The molecule has 0 spiro atoms. The van der Waals surface area contributed by atoms with E-state index in [-0.39, 0.29) is 5.82 Å². The molecule has 0 saturated heterocycles. The minimum absolute atomic E-state index is 0.147. The third kappa shape index (κ3) is 3.04. The Morgan fingerprint density at radius 3 is 2.35 bits per heavy atom. The lowest BCUT2D eigenvalue weighted by Gasteiger charge is -2.06. The fourth-order valence-electron chi connectivity index (χ4n) is 2.12. The first kappa shape index (κ1) is 14.2. The van der Waals surface area contributed by atoms with E-state index in [2.05, 4.69) is 29.1 Å². The number of rotatable bonds is 6. The molecule has 0 aliphatic carbocycles. The van der Waals surface area contributed by atoms with Gasteiger partial charge < -0.3 is 5.11 Å². The maximum Gasteiger partial charge on any atom is 0.375 e. The van der Waals surface area contributed by atoms with Crippen LogP contribution in [0.15, 0.2) is 24.3 Å². The van der Waals surface area contributed by atoms with Gasteiger partial charge in [0.1, 0.15) is 5.82 Å². The normalized spacial score (nSPS) is 10.7. The average Bonchev–Trinajstić information content (AvgIpc) is 2.85. The summed E-state index contributed by atoms with van der Waals surface area (Å²) in [5.41, 5.74) is 2.13. The molecule has 1 N–H and O–H groups in total. The maximum absolute atomic E-state index is 11.0. The third-order valence-electron chi connectivity index (χ3n) is 3.06. The van der Waals surface area contributed by atoms with Crippen LogP contribution in [-0.4, -0.2) is 25.8 Å². The summed E-state index contributed by atoms with van der Waals surface area (Å²) < 4.78 is 1.63. The zero-order valence-corrected chi connectivity index (χ0v) is 11.8. The molecule has 0 fully saturated rings. The molecule has 1 aromatic carbocycles. The first-order valence-corrected chi connectivity index (χ1v) is 6.94. The number of hydrogen-bond acceptors (Lipinski definition) is 3. The Balaban J connectivity index is 2.36. The van der Waals surface area contributed by atoms with Crippen LogP contribution in [0, 0.1) is 0 Å². The van der Waals surface area contributed by atoms with Gasteiger partial charge in [-0.15, -0.1) is 5.10 Å². The van der Waals surface area contributed by atoms with Crippen molar-refractivity contribution in [3.8, 4) is 5.69 Å². The van der Waals surface area contributed by atoms with Gasteiger partial charge in [-0.3, -0.25) is 0 Å². The monoisotopic (exact) mass is 273 g/mol. The van der Waals surface area contributed by atoms with Gasteiger partial charge in [-0.05, 0) is 30.5 Å². The van der Waals surface area contributed by atoms with Gasteiger partial charge in [-0.1, -0.05) is 32.4 Å². The van der Waals surface area contributed by atoms with E-state index in [4.69, 9.17) is 5.11 Å². The summed E-state index contributed by atoms with van der Waals surface area (Å²) >= 11 is 0. The van der Waals surface area contributed by atoms with E-state index in [0.29, 0.717) is 12.2 Å². The topological polar surface area (TPSA) is 68.0 Å². The molecule has 0 radical (unpaired) electrons.